The molecule has 4 aromatic rings. The van der Waals surface area contributed by atoms with Crippen molar-refractivity contribution in [3.63, 3.8) is 0 Å². The van der Waals surface area contributed by atoms with Crippen molar-refractivity contribution in [2.75, 3.05) is 36.0 Å². The molecule has 2 atom stereocenters. The minimum atomic E-state index is -0.507. The van der Waals surface area contributed by atoms with Crippen LogP contribution in [0.3, 0.4) is 0 Å². The summed E-state index contributed by atoms with van der Waals surface area (Å²) in [5, 5.41) is 7.55. The van der Waals surface area contributed by atoms with E-state index < -0.39 is 5.82 Å². The summed E-state index contributed by atoms with van der Waals surface area (Å²) in [4.78, 5) is 30.2. The molecule has 0 bridgehead atoms. The number of anilines is 2. The molecular formula is C27H29FN8O2. The Kier molecular flexibility index (Phi) is 6.36. The van der Waals surface area contributed by atoms with Gasteiger partial charge in [0.2, 0.25) is 17.7 Å². The molecule has 0 radical (unpaired) electrons. The van der Waals surface area contributed by atoms with E-state index in [-0.39, 0.29) is 23.2 Å². The molecular weight excluding hydrogens is 487 g/mol. The van der Waals surface area contributed by atoms with Crippen molar-refractivity contribution in [3.05, 3.63) is 70.9 Å². The molecule has 2 saturated heterocycles. The van der Waals surface area contributed by atoms with E-state index in [1.165, 1.54) is 22.9 Å². The van der Waals surface area contributed by atoms with Crippen molar-refractivity contribution in [2.45, 2.75) is 31.8 Å². The van der Waals surface area contributed by atoms with Gasteiger partial charge in [-0.25, -0.2) is 9.37 Å². The van der Waals surface area contributed by atoms with Crippen LogP contribution in [0.15, 0.2) is 58.1 Å². The fourth-order valence-electron chi connectivity index (χ4n) is 5.21. The molecule has 0 spiro atoms. The number of aromatic nitrogens is 5. The van der Waals surface area contributed by atoms with Crippen LogP contribution in [0.4, 0.5) is 16.0 Å². The number of pyridine rings is 1. The largest absolute Gasteiger partial charge is 0.368 e. The molecule has 5 heterocycles. The average molecular weight is 517 g/mol. The Balaban J connectivity index is 1.18. The predicted octanol–water partition coefficient (Wildman–Crippen LogP) is 3.17. The minimum Gasteiger partial charge on any atom is -0.368 e. The summed E-state index contributed by atoms with van der Waals surface area (Å²) >= 11 is 0. The van der Waals surface area contributed by atoms with E-state index in [0.29, 0.717) is 29.9 Å². The molecule has 3 aromatic heterocycles. The van der Waals surface area contributed by atoms with Gasteiger partial charge in [-0.2, -0.15) is 4.98 Å². The third-order valence-electron chi connectivity index (χ3n) is 7.33. The molecule has 196 valence electrons. The fraction of sp³-hybridized carbons (Fsp3) is 0.370. The molecule has 1 unspecified atom stereocenters. The fourth-order valence-corrected chi connectivity index (χ4v) is 5.21. The van der Waals surface area contributed by atoms with Crippen LogP contribution >= 0.6 is 0 Å². The second kappa shape index (κ2) is 9.97. The molecule has 11 heteroatoms. The van der Waals surface area contributed by atoms with Gasteiger partial charge in [0.25, 0.3) is 5.56 Å². The van der Waals surface area contributed by atoms with Gasteiger partial charge < -0.3 is 19.6 Å². The van der Waals surface area contributed by atoms with Gasteiger partial charge in [-0.3, -0.25) is 14.3 Å². The van der Waals surface area contributed by atoms with Gasteiger partial charge in [-0.15, -0.1) is 0 Å². The van der Waals surface area contributed by atoms with Crippen molar-refractivity contribution in [2.24, 2.45) is 7.05 Å². The highest BCUT2D eigenvalue weighted by Crippen LogP contribution is 2.28. The first-order chi connectivity index (χ1) is 18.5. The normalized spacial score (nSPS) is 19.8. The lowest BCUT2D eigenvalue weighted by Gasteiger charge is -2.42. The second-order valence-corrected chi connectivity index (χ2v) is 9.83. The molecule has 0 amide bonds. The maximum Gasteiger partial charge on any atom is 0.255 e. The first-order valence-electron chi connectivity index (χ1n) is 12.8. The van der Waals surface area contributed by atoms with Crippen molar-refractivity contribution < 1.29 is 8.91 Å². The zero-order valence-corrected chi connectivity index (χ0v) is 21.3. The van der Waals surface area contributed by atoms with Gasteiger partial charge in [0.1, 0.15) is 0 Å². The molecule has 6 rings (SSSR count). The number of benzene rings is 1. The van der Waals surface area contributed by atoms with Crippen LogP contribution in [-0.2, 0) is 7.05 Å². The molecule has 0 aliphatic carbocycles. The van der Waals surface area contributed by atoms with Gasteiger partial charge in [-0.1, -0.05) is 5.16 Å². The standard InChI is InChI=1S/C27H29FN8O2/c1-17-16-35(19-7-5-18(6-8-19)25-32-26(38-33-25)22-4-3-10-30-22)12-13-36(17)27-31-23(14-24(37)34(27)2)20-9-11-29-15-21(20)28/h5-9,11,14-15,17,22,30H,3-4,10,12-13,16H2,1-2H3/t17-,22?/m1/s1. The average Bonchev–Trinajstić information content (AvgIpc) is 3.64. The van der Waals surface area contributed by atoms with Crippen LogP contribution in [0.5, 0.6) is 0 Å². The Morgan fingerprint density at radius 2 is 1.97 bits per heavy atom. The van der Waals surface area contributed by atoms with Crippen LogP contribution < -0.4 is 20.7 Å². The number of piperazine rings is 1. The summed E-state index contributed by atoms with van der Waals surface area (Å²) in [6.45, 7) is 5.22. The van der Waals surface area contributed by atoms with Crippen molar-refractivity contribution in [3.8, 4) is 22.6 Å². The Labute approximate surface area is 219 Å². The Morgan fingerprint density at radius 1 is 1.13 bits per heavy atom. The van der Waals surface area contributed by atoms with E-state index in [4.69, 9.17) is 4.52 Å². The van der Waals surface area contributed by atoms with E-state index in [1.807, 2.05) is 12.1 Å². The van der Waals surface area contributed by atoms with Gasteiger partial charge >= 0.3 is 0 Å². The number of nitrogens with one attached hydrogen (secondary N) is 1. The van der Waals surface area contributed by atoms with Crippen molar-refractivity contribution in [1.29, 1.82) is 0 Å². The maximum absolute atomic E-state index is 14.4. The van der Waals surface area contributed by atoms with Crippen molar-refractivity contribution >= 4 is 11.6 Å². The van der Waals surface area contributed by atoms with Crippen LogP contribution in [0.1, 0.15) is 31.7 Å². The Bertz CT molecular complexity index is 1500. The highest BCUT2D eigenvalue weighted by molar-refractivity contribution is 5.62. The summed E-state index contributed by atoms with van der Waals surface area (Å²) in [5.41, 5.74) is 2.34. The number of nitrogens with zero attached hydrogens (tertiary/aromatic N) is 7. The number of hydrogen-bond acceptors (Lipinski definition) is 9. The summed E-state index contributed by atoms with van der Waals surface area (Å²) in [6.07, 6.45) is 4.75. The van der Waals surface area contributed by atoms with Crippen LogP contribution in [0.2, 0.25) is 0 Å². The number of hydrogen-bond donors (Lipinski definition) is 1. The summed E-state index contributed by atoms with van der Waals surface area (Å²) < 4.78 is 21.4. The van der Waals surface area contributed by atoms with Gasteiger partial charge in [0, 0.05) is 61.8 Å². The Morgan fingerprint density at radius 3 is 2.71 bits per heavy atom. The molecule has 0 saturated carbocycles. The zero-order valence-electron chi connectivity index (χ0n) is 21.3. The smallest absolute Gasteiger partial charge is 0.255 e. The third-order valence-corrected chi connectivity index (χ3v) is 7.33. The first kappa shape index (κ1) is 24.2. The SMILES string of the molecule is C[C@@H]1CN(c2ccc(-c3noc(C4CCCN4)n3)cc2)CCN1c1nc(-c2ccncc2F)cc(=O)n1C. The minimum absolute atomic E-state index is 0.0674. The van der Waals surface area contributed by atoms with Crippen molar-refractivity contribution in [1.82, 2.24) is 30.0 Å². The summed E-state index contributed by atoms with van der Waals surface area (Å²) in [6, 6.07) is 11.3. The second-order valence-electron chi connectivity index (χ2n) is 9.83. The monoisotopic (exact) mass is 516 g/mol. The predicted molar refractivity (Wildman–Crippen MR) is 141 cm³/mol. The van der Waals surface area contributed by atoms with E-state index in [9.17, 15) is 9.18 Å². The topological polar surface area (TPSA) is 105 Å². The number of rotatable bonds is 5. The van der Waals surface area contributed by atoms with E-state index in [0.717, 1.165) is 49.9 Å². The van der Waals surface area contributed by atoms with Gasteiger partial charge in [-0.05, 0) is 56.6 Å². The lowest BCUT2D eigenvalue weighted by atomic mass is 10.1. The van der Waals surface area contributed by atoms with Gasteiger partial charge in [0.15, 0.2) is 5.82 Å². The summed E-state index contributed by atoms with van der Waals surface area (Å²) in [5.74, 6) is 1.25. The maximum atomic E-state index is 14.4. The van der Waals surface area contributed by atoms with Crippen LogP contribution in [0.25, 0.3) is 22.6 Å². The highest BCUT2D eigenvalue weighted by Gasteiger charge is 2.28. The van der Waals surface area contributed by atoms with E-state index in [2.05, 4.69) is 54.3 Å². The molecule has 10 nitrogen and oxygen atoms in total. The van der Waals surface area contributed by atoms with Crippen LogP contribution in [-0.4, -0.2) is 56.9 Å². The van der Waals surface area contributed by atoms with E-state index in [1.54, 1.807) is 7.05 Å². The highest BCUT2D eigenvalue weighted by atomic mass is 19.1. The zero-order chi connectivity index (χ0) is 26.2. The van der Waals surface area contributed by atoms with E-state index >= 15 is 0 Å². The first-order valence-corrected chi connectivity index (χ1v) is 12.8. The number of halogens is 1. The summed E-state index contributed by atoms with van der Waals surface area (Å²) in [7, 11) is 1.70. The quantitative estimate of drug-likeness (QED) is 0.428. The molecule has 1 N–H and O–H groups in total. The molecule has 2 aliphatic rings. The third kappa shape index (κ3) is 4.53. The molecule has 2 aliphatic heterocycles. The molecule has 38 heavy (non-hydrogen) atoms. The molecule has 1 aromatic carbocycles. The molecule has 2 fully saturated rings. The Hall–Kier alpha value is -4.12. The lowest BCUT2D eigenvalue weighted by molar-refractivity contribution is 0.345. The van der Waals surface area contributed by atoms with Crippen LogP contribution in [0, 0.1) is 5.82 Å². The van der Waals surface area contributed by atoms with Gasteiger partial charge in [0.05, 0.1) is 17.9 Å². The lowest BCUT2D eigenvalue weighted by Crippen LogP contribution is -2.53.